The molecule has 2 rings (SSSR count). The van der Waals surface area contributed by atoms with Gasteiger partial charge in [-0.3, -0.25) is 0 Å². The number of nitrogens with one attached hydrogen (secondary N) is 1. The Balaban J connectivity index is 2.28. The summed E-state index contributed by atoms with van der Waals surface area (Å²) in [7, 11) is -3.79. The highest BCUT2D eigenvalue weighted by Gasteiger charge is 2.21. The average molecular weight is 381 g/mol. The lowest BCUT2D eigenvalue weighted by atomic mass is 10.1. The Morgan fingerprint density at radius 3 is 2.31 bits per heavy atom. The summed E-state index contributed by atoms with van der Waals surface area (Å²) in [5.74, 6) is 0.709. The first kappa shape index (κ1) is 20.2. The number of rotatable bonds is 8. The number of ether oxygens (including phenoxy) is 2. The molecule has 1 N–H and O–H groups in total. The molecule has 26 heavy (non-hydrogen) atoms. The molecule has 5 nitrogen and oxygen atoms in total. The van der Waals surface area contributed by atoms with E-state index in [9.17, 15) is 12.8 Å². The SMILES string of the molecule is CCOc1ccc([C@H](C)NS(=O)(=O)c2ccc(F)cc2C)cc1OCC. The second-order valence-corrected chi connectivity index (χ2v) is 7.51. The Bertz CT molecular complexity index is 868. The first-order valence-electron chi connectivity index (χ1n) is 8.46. The van der Waals surface area contributed by atoms with E-state index in [0.29, 0.717) is 30.3 Å². The first-order chi connectivity index (χ1) is 12.3. The Kier molecular flexibility index (Phi) is 6.61. The molecule has 2 aromatic rings. The lowest BCUT2D eigenvalue weighted by molar-refractivity contribution is 0.287. The lowest BCUT2D eigenvalue weighted by Crippen LogP contribution is -2.27. The van der Waals surface area contributed by atoms with E-state index in [-0.39, 0.29) is 4.90 Å². The van der Waals surface area contributed by atoms with Gasteiger partial charge < -0.3 is 9.47 Å². The molecular weight excluding hydrogens is 357 g/mol. The normalized spacial score (nSPS) is 12.7. The van der Waals surface area contributed by atoms with Gasteiger partial charge in [0.2, 0.25) is 10.0 Å². The Morgan fingerprint density at radius 2 is 1.69 bits per heavy atom. The maximum Gasteiger partial charge on any atom is 0.241 e. The van der Waals surface area contributed by atoms with Gasteiger partial charge in [0.1, 0.15) is 5.82 Å². The third kappa shape index (κ3) is 4.74. The molecule has 0 amide bonds. The highest BCUT2D eigenvalue weighted by molar-refractivity contribution is 7.89. The average Bonchev–Trinajstić information content (AvgIpc) is 2.56. The van der Waals surface area contributed by atoms with Crippen LogP contribution in [-0.2, 0) is 10.0 Å². The molecule has 2 aromatic carbocycles. The summed E-state index contributed by atoms with van der Waals surface area (Å²) < 4.78 is 52.2. The van der Waals surface area contributed by atoms with Crippen LogP contribution in [-0.4, -0.2) is 21.6 Å². The maximum absolute atomic E-state index is 13.2. The third-order valence-corrected chi connectivity index (χ3v) is 5.53. The van der Waals surface area contributed by atoms with E-state index in [1.165, 1.54) is 12.1 Å². The van der Waals surface area contributed by atoms with Crippen molar-refractivity contribution in [3.63, 3.8) is 0 Å². The molecule has 7 heteroatoms. The molecule has 0 bridgehead atoms. The molecule has 0 saturated heterocycles. The largest absolute Gasteiger partial charge is 0.490 e. The van der Waals surface area contributed by atoms with Crippen LogP contribution in [0.3, 0.4) is 0 Å². The number of aryl methyl sites for hydroxylation is 1. The predicted molar refractivity (Wildman–Crippen MR) is 98.7 cm³/mol. The van der Waals surface area contributed by atoms with Crippen molar-refractivity contribution in [2.24, 2.45) is 0 Å². The summed E-state index contributed by atoms with van der Waals surface area (Å²) in [5, 5.41) is 0. The van der Waals surface area contributed by atoms with Gasteiger partial charge in [0.05, 0.1) is 18.1 Å². The highest BCUT2D eigenvalue weighted by Crippen LogP contribution is 2.31. The summed E-state index contributed by atoms with van der Waals surface area (Å²) in [6, 6.07) is 8.41. The molecule has 0 spiro atoms. The van der Waals surface area contributed by atoms with Gasteiger partial charge in [-0.2, -0.15) is 0 Å². The van der Waals surface area contributed by atoms with Gasteiger partial charge in [-0.05, 0) is 69.2 Å². The minimum absolute atomic E-state index is 0.0571. The van der Waals surface area contributed by atoms with Crippen LogP contribution >= 0.6 is 0 Å². The van der Waals surface area contributed by atoms with E-state index >= 15 is 0 Å². The number of benzene rings is 2. The Morgan fingerprint density at radius 1 is 1.04 bits per heavy atom. The molecular formula is C19H24FNO4S. The van der Waals surface area contributed by atoms with Crippen LogP contribution in [0.2, 0.25) is 0 Å². The number of hydrogen-bond acceptors (Lipinski definition) is 4. The molecule has 142 valence electrons. The zero-order valence-electron chi connectivity index (χ0n) is 15.4. The van der Waals surface area contributed by atoms with Gasteiger partial charge in [0, 0.05) is 6.04 Å². The quantitative estimate of drug-likeness (QED) is 0.751. The smallest absolute Gasteiger partial charge is 0.241 e. The lowest BCUT2D eigenvalue weighted by Gasteiger charge is -2.18. The summed E-state index contributed by atoms with van der Waals surface area (Å²) >= 11 is 0. The molecule has 0 radical (unpaired) electrons. The van der Waals surface area contributed by atoms with Crippen LogP contribution in [0.15, 0.2) is 41.3 Å². The van der Waals surface area contributed by atoms with Crippen LogP contribution in [0.25, 0.3) is 0 Å². The van der Waals surface area contributed by atoms with Crippen LogP contribution in [0, 0.1) is 12.7 Å². The molecule has 0 aliphatic rings. The van der Waals surface area contributed by atoms with E-state index in [2.05, 4.69) is 4.72 Å². The zero-order valence-corrected chi connectivity index (χ0v) is 16.2. The minimum atomic E-state index is -3.79. The van der Waals surface area contributed by atoms with Crippen molar-refractivity contribution in [1.29, 1.82) is 0 Å². The van der Waals surface area contributed by atoms with E-state index < -0.39 is 21.9 Å². The van der Waals surface area contributed by atoms with Gasteiger partial charge >= 0.3 is 0 Å². The fraction of sp³-hybridized carbons (Fsp3) is 0.368. The van der Waals surface area contributed by atoms with Crippen LogP contribution in [0.4, 0.5) is 4.39 Å². The molecule has 0 fully saturated rings. The van der Waals surface area contributed by atoms with Crippen LogP contribution in [0.5, 0.6) is 11.5 Å². The van der Waals surface area contributed by atoms with Crippen molar-refractivity contribution in [3.05, 3.63) is 53.3 Å². The van der Waals surface area contributed by atoms with Gasteiger partial charge in [-0.1, -0.05) is 6.07 Å². The van der Waals surface area contributed by atoms with Gasteiger partial charge in [0.15, 0.2) is 11.5 Å². The molecule has 1 atom stereocenters. The maximum atomic E-state index is 13.2. The van der Waals surface area contributed by atoms with Crippen molar-refractivity contribution >= 4 is 10.0 Å². The van der Waals surface area contributed by atoms with Crippen molar-refractivity contribution in [3.8, 4) is 11.5 Å². The molecule has 0 unspecified atom stereocenters. The van der Waals surface area contributed by atoms with Gasteiger partial charge in [-0.15, -0.1) is 0 Å². The summed E-state index contributed by atoms with van der Waals surface area (Å²) in [6.07, 6.45) is 0. The second-order valence-electron chi connectivity index (χ2n) is 5.82. The highest BCUT2D eigenvalue weighted by atomic mass is 32.2. The first-order valence-corrected chi connectivity index (χ1v) is 9.94. The van der Waals surface area contributed by atoms with E-state index in [1.807, 2.05) is 13.8 Å². The predicted octanol–water partition coefficient (Wildman–Crippen LogP) is 3.97. The Hall–Kier alpha value is -2.12. The second kappa shape index (κ2) is 8.51. The number of hydrogen-bond donors (Lipinski definition) is 1. The van der Waals surface area contributed by atoms with Crippen LogP contribution in [0.1, 0.15) is 37.9 Å². The van der Waals surface area contributed by atoms with Gasteiger partial charge in [-0.25, -0.2) is 17.5 Å². The third-order valence-electron chi connectivity index (χ3n) is 3.83. The number of sulfonamides is 1. The Labute approximate surface area is 154 Å². The molecule has 0 saturated carbocycles. The topological polar surface area (TPSA) is 64.6 Å². The monoisotopic (exact) mass is 381 g/mol. The summed E-state index contributed by atoms with van der Waals surface area (Å²) in [4.78, 5) is 0.0571. The van der Waals surface area contributed by atoms with E-state index in [4.69, 9.17) is 9.47 Å². The fourth-order valence-corrected chi connectivity index (χ4v) is 4.07. The van der Waals surface area contributed by atoms with E-state index in [0.717, 1.165) is 11.6 Å². The van der Waals surface area contributed by atoms with Gasteiger partial charge in [0.25, 0.3) is 0 Å². The standard InChI is InChI=1S/C19H24FNO4S/c1-5-24-17-9-7-15(12-18(17)25-6-2)14(4)21-26(22,23)19-10-8-16(20)11-13(19)3/h7-12,14,21H,5-6H2,1-4H3/t14-/m0/s1. The van der Waals surface area contributed by atoms with Crippen molar-refractivity contribution in [2.75, 3.05) is 13.2 Å². The molecule has 0 aliphatic heterocycles. The fourth-order valence-electron chi connectivity index (χ4n) is 2.62. The summed E-state index contributed by atoms with van der Waals surface area (Å²) in [6.45, 7) is 8.02. The van der Waals surface area contributed by atoms with E-state index in [1.54, 1.807) is 32.0 Å². The number of halogens is 1. The zero-order chi connectivity index (χ0) is 19.3. The summed E-state index contributed by atoms with van der Waals surface area (Å²) in [5.41, 5.74) is 1.09. The van der Waals surface area contributed by atoms with Crippen molar-refractivity contribution in [1.82, 2.24) is 4.72 Å². The molecule has 0 aliphatic carbocycles. The van der Waals surface area contributed by atoms with Crippen molar-refractivity contribution in [2.45, 2.75) is 38.6 Å². The van der Waals surface area contributed by atoms with Crippen molar-refractivity contribution < 1.29 is 22.3 Å². The minimum Gasteiger partial charge on any atom is -0.490 e. The molecule has 0 aromatic heterocycles. The molecule has 0 heterocycles. The van der Waals surface area contributed by atoms with Crippen LogP contribution < -0.4 is 14.2 Å².